The average Bonchev–Trinajstić information content (AvgIpc) is 2.64. The Bertz CT molecular complexity index is 325. The Morgan fingerprint density at radius 3 is 2.16 bits per heavy atom. The summed E-state index contributed by atoms with van der Waals surface area (Å²) in [5.74, 6) is -2.72. The van der Waals surface area contributed by atoms with Crippen molar-refractivity contribution in [1.82, 2.24) is 10.2 Å². The summed E-state index contributed by atoms with van der Waals surface area (Å²) >= 11 is 0. The number of carbonyl (C=O) groups excluding carboxylic acids is 1. The molecule has 3 atom stereocenters. The lowest BCUT2D eigenvalue weighted by atomic mass is 9.97. The molecule has 2 fully saturated rings. The Kier molecular flexibility index (Phi) is 5.12. The SMILES string of the molecule is CC(C(=O)N(C)C1CC2CCC(C1)N2)C(F)(F)F.Cl. The van der Waals surface area contributed by atoms with Crippen LogP contribution in [0.5, 0.6) is 0 Å². The number of nitrogens with one attached hydrogen (secondary N) is 1. The fourth-order valence-electron chi connectivity index (χ4n) is 2.97. The highest BCUT2D eigenvalue weighted by Gasteiger charge is 2.45. The van der Waals surface area contributed by atoms with Crippen LogP contribution in [0.1, 0.15) is 32.6 Å². The first-order valence-corrected chi connectivity index (χ1v) is 6.38. The summed E-state index contributed by atoms with van der Waals surface area (Å²) in [6.07, 6.45) is -0.778. The summed E-state index contributed by atoms with van der Waals surface area (Å²) < 4.78 is 37.6. The van der Waals surface area contributed by atoms with Crippen LogP contribution in [0.4, 0.5) is 13.2 Å². The standard InChI is InChI=1S/C12H19F3N2O.ClH/c1-7(12(13,14)15)11(18)17(2)10-5-8-3-4-9(6-10)16-8;/h7-10,16H,3-6H2,1-2H3;1H. The molecule has 2 aliphatic heterocycles. The van der Waals surface area contributed by atoms with Crippen LogP contribution in [0.15, 0.2) is 0 Å². The molecular formula is C12H20ClF3N2O. The van der Waals surface area contributed by atoms with Gasteiger partial charge in [-0.05, 0) is 32.6 Å². The van der Waals surface area contributed by atoms with Crippen molar-refractivity contribution in [2.45, 2.75) is 56.9 Å². The minimum atomic E-state index is -4.45. The molecule has 2 saturated heterocycles. The van der Waals surface area contributed by atoms with E-state index >= 15 is 0 Å². The molecule has 0 aromatic rings. The third-order valence-corrected chi connectivity index (χ3v) is 4.20. The number of hydrogen-bond donors (Lipinski definition) is 1. The molecule has 7 heteroatoms. The average molecular weight is 301 g/mol. The summed E-state index contributed by atoms with van der Waals surface area (Å²) in [5.41, 5.74) is 0. The van der Waals surface area contributed by atoms with Gasteiger partial charge in [-0.15, -0.1) is 12.4 Å². The lowest BCUT2D eigenvalue weighted by Crippen LogP contribution is -2.51. The zero-order valence-electron chi connectivity index (χ0n) is 11.0. The molecule has 0 radical (unpaired) electrons. The number of alkyl halides is 3. The molecule has 1 N–H and O–H groups in total. The van der Waals surface area contributed by atoms with E-state index in [0.717, 1.165) is 32.6 Å². The van der Waals surface area contributed by atoms with Crippen LogP contribution in [-0.2, 0) is 4.79 Å². The number of piperidine rings is 1. The summed E-state index contributed by atoms with van der Waals surface area (Å²) in [5, 5.41) is 3.41. The van der Waals surface area contributed by atoms with E-state index < -0.39 is 18.0 Å². The van der Waals surface area contributed by atoms with Crippen LogP contribution in [0.25, 0.3) is 0 Å². The molecule has 0 spiro atoms. The molecule has 2 rings (SSSR count). The molecule has 112 valence electrons. The van der Waals surface area contributed by atoms with Crippen LogP contribution in [0.3, 0.4) is 0 Å². The summed E-state index contributed by atoms with van der Waals surface area (Å²) in [6, 6.07) is 0.677. The maximum atomic E-state index is 12.5. The van der Waals surface area contributed by atoms with Gasteiger partial charge >= 0.3 is 6.18 Å². The van der Waals surface area contributed by atoms with E-state index in [2.05, 4.69) is 5.32 Å². The van der Waals surface area contributed by atoms with Crippen LogP contribution < -0.4 is 5.32 Å². The number of nitrogens with zero attached hydrogens (tertiary/aromatic N) is 1. The first-order chi connectivity index (χ1) is 8.29. The maximum absolute atomic E-state index is 12.5. The van der Waals surface area contributed by atoms with E-state index in [0.29, 0.717) is 12.1 Å². The molecule has 2 bridgehead atoms. The summed E-state index contributed by atoms with van der Waals surface area (Å²) in [7, 11) is 1.50. The highest BCUT2D eigenvalue weighted by Crippen LogP contribution is 2.32. The van der Waals surface area contributed by atoms with Crippen LogP contribution in [-0.4, -0.2) is 42.2 Å². The van der Waals surface area contributed by atoms with Crippen molar-refractivity contribution >= 4 is 18.3 Å². The number of amides is 1. The normalized spacial score (nSPS) is 31.5. The fraction of sp³-hybridized carbons (Fsp3) is 0.917. The Labute approximate surface area is 117 Å². The monoisotopic (exact) mass is 300 g/mol. The molecule has 0 aromatic carbocycles. The van der Waals surface area contributed by atoms with Crippen LogP contribution in [0.2, 0.25) is 0 Å². The molecule has 3 unspecified atom stereocenters. The van der Waals surface area contributed by atoms with Gasteiger partial charge in [0.2, 0.25) is 5.91 Å². The van der Waals surface area contributed by atoms with Crippen molar-refractivity contribution in [2.24, 2.45) is 5.92 Å². The fourth-order valence-corrected chi connectivity index (χ4v) is 2.97. The number of carbonyl (C=O) groups is 1. The quantitative estimate of drug-likeness (QED) is 0.849. The van der Waals surface area contributed by atoms with E-state index in [1.54, 1.807) is 0 Å². The van der Waals surface area contributed by atoms with Crippen LogP contribution >= 0.6 is 12.4 Å². The van der Waals surface area contributed by atoms with Gasteiger partial charge in [-0.3, -0.25) is 4.79 Å². The van der Waals surface area contributed by atoms with Gasteiger partial charge in [0, 0.05) is 25.2 Å². The lowest BCUT2D eigenvalue weighted by molar-refractivity contribution is -0.186. The van der Waals surface area contributed by atoms with Gasteiger partial charge in [0.05, 0.1) is 0 Å². The number of fused-ring (bicyclic) bond motifs is 2. The van der Waals surface area contributed by atoms with Gasteiger partial charge in [0.25, 0.3) is 0 Å². The second kappa shape index (κ2) is 5.87. The largest absolute Gasteiger partial charge is 0.400 e. The zero-order valence-corrected chi connectivity index (χ0v) is 11.9. The molecule has 0 aromatic heterocycles. The van der Waals surface area contributed by atoms with E-state index in [1.807, 2.05) is 0 Å². The first-order valence-electron chi connectivity index (χ1n) is 6.38. The van der Waals surface area contributed by atoms with Crippen molar-refractivity contribution in [1.29, 1.82) is 0 Å². The topological polar surface area (TPSA) is 32.3 Å². The minimum Gasteiger partial charge on any atom is -0.342 e. The van der Waals surface area contributed by atoms with Gasteiger partial charge in [0.1, 0.15) is 5.92 Å². The van der Waals surface area contributed by atoms with E-state index in [1.165, 1.54) is 11.9 Å². The lowest BCUT2D eigenvalue weighted by Gasteiger charge is -2.36. The highest BCUT2D eigenvalue weighted by molar-refractivity contribution is 5.85. The van der Waals surface area contributed by atoms with E-state index in [-0.39, 0.29) is 18.4 Å². The highest BCUT2D eigenvalue weighted by atomic mass is 35.5. The van der Waals surface area contributed by atoms with Crippen molar-refractivity contribution in [2.75, 3.05) is 7.05 Å². The Morgan fingerprint density at radius 2 is 1.74 bits per heavy atom. The molecule has 1 amide bonds. The number of hydrogen-bond acceptors (Lipinski definition) is 2. The molecule has 3 nitrogen and oxygen atoms in total. The van der Waals surface area contributed by atoms with Gasteiger partial charge in [-0.1, -0.05) is 0 Å². The Balaban J connectivity index is 0.00000180. The first kappa shape index (κ1) is 16.6. The van der Waals surface area contributed by atoms with Crippen molar-refractivity contribution < 1.29 is 18.0 Å². The molecular weight excluding hydrogens is 281 g/mol. The molecule has 0 aliphatic carbocycles. The third kappa shape index (κ3) is 3.54. The number of rotatable bonds is 2. The van der Waals surface area contributed by atoms with Gasteiger partial charge in [-0.25, -0.2) is 0 Å². The summed E-state index contributed by atoms with van der Waals surface area (Å²) in [6.45, 7) is 0.939. The predicted octanol–water partition coefficient (Wildman–Crippen LogP) is 2.35. The molecule has 19 heavy (non-hydrogen) atoms. The maximum Gasteiger partial charge on any atom is 0.400 e. The van der Waals surface area contributed by atoms with Gasteiger partial charge < -0.3 is 10.2 Å². The van der Waals surface area contributed by atoms with Gasteiger partial charge in [0.15, 0.2) is 0 Å². The summed E-state index contributed by atoms with van der Waals surface area (Å²) in [4.78, 5) is 13.1. The smallest absolute Gasteiger partial charge is 0.342 e. The second-order valence-electron chi connectivity index (χ2n) is 5.48. The number of halogens is 4. The minimum absolute atomic E-state index is 0. The molecule has 2 heterocycles. The van der Waals surface area contributed by atoms with E-state index in [9.17, 15) is 18.0 Å². The molecule has 0 saturated carbocycles. The third-order valence-electron chi connectivity index (χ3n) is 4.20. The predicted molar refractivity (Wildman–Crippen MR) is 68.2 cm³/mol. The Hall–Kier alpha value is -0.490. The van der Waals surface area contributed by atoms with E-state index in [4.69, 9.17) is 0 Å². The van der Waals surface area contributed by atoms with Gasteiger partial charge in [-0.2, -0.15) is 13.2 Å². The van der Waals surface area contributed by atoms with Crippen LogP contribution in [0, 0.1) is 5.92 Å². The second-order valence-corrected chi connectivity index (χ2v) is 5.48. The van der Waals surface area contributed by atoms with Crippen molar-refractivity contribution in [3.63, 3.8) is 0 Å². The van der Waals surface area contributed by atoms with Crippen molar-refractivity contribution in [3.8, 4) is 0 Å². The zero-order chi connectivity index (χ0) is 13.5. The van der Waals surface area contributed by atoms with Crippen molar-refractivity contribution in [3.05, 3.63) is 0 Å². The Morgan fingerprint density at radius 1 is 1.26 bits per heavy atom. The molecule has 2 aliphatic rings.